The van der Waals surface area contributed by atoms with E-state index in [1.54, 1.807) is 6.07 Å². The summed E-state index contributed by atoms with van der Waals surface area (Å²) in [6.45, 7) is 8.90. The maximum Gasteiger partial charge on any atom is 0.248 e. The zero-order valence-electron chi connectivity index (χ0n) is 19.8. The van der Waals surface area contributed by atoms with Crippen LogP contribution < -0.4 is 5.73 Å². The van der Waals surface area contributed by atoms with Crippen LogP contribution in [0.5, 0.6) is 0 Å². The fourth-order valence-electron chi connectivity index (χ4n) is 4.78. The van der Waals surface area contributed by atoms with Crippen molar-refractivity contribution < 1.29 is 4.79 Å². The molecular formula is C24H31N9O. The highest BCUT2D eigenvalue weighted by Gasteiger charge is 2.19. The number of likely N-dealkylation sites (tertiary alicyclic amines) is 1. The number of nitrogens with one attached hydrogen (secondary N) is 1. The average Bonchev–Trinajstić information content (AvgIpc) is 3.57. The third-order valence-corrected chi connectivity index (χ3v) is 6.51. The molecule has 0 bridgehead atoms. The molecule has 1 amide bonds. The number of carbonyl (C=O) groups excluding carboxylic acids is 1. The van der Waals surface area contributed by atoms with E-state index in [2.05, 4.69) is 25.3 Å². The van der Waals surface area contributed by atoms with E-state index >= 15 is 0 Å². The van der Waals surface area contributed by atoms with Gasteiger partial charge in [-0.15, -0.1) is 0 Å². The summed E-state index contributed by atoms with van der Waals surface area (Å²) in [7, 11) is 0. The van der Waals surface area contributed by atoms with Crippen LogP contribution >= 0.6 is 0 Å². The molecule has 0 unspecified atom stereocenters. The summed E-state index contributed by atoms with van der Waals surface area (Å²) in [6.07, 6.45) is 6.73. The van der Waals surface area contributed by atoms with E-state index in [1.165, 1.54) is 32.4 Å². The second-order valence-corrected chi connectivity index (χ2v) is 8.94. The number of rotatable bonds is 8. The highest BCUT2D eigenvalue weighted by Crippen LogP contribution is 2.30. The highest BCUT2D eigenvalue weighted by molar-refractivity contribution is 6.02. The van der Waals surface area contributed by atoms with Gasteiger partial charge in [0.1, 0.15) is 5.69 Å². The predicted molar refractivity (Wildman–Crippen MR) is 130 cm³/mol. The second-order valence-electron chi connectivity index (χ2n) is 8.94. The Kier molecular flexibility index (Phi) is 6.14. The topological polar surface area (TPSA) is 124 Å². The van der Waals surface area contributed by atoms with Crippen molar-refractivity contribution in [1.29, 1.82) is 0 Å². The third kappa shape index (κ3) is 4.33. The quantitative estimate of drug-likeness (QED) is 0.416. The number of amides is 1. The van der Waals surface area contributed by atoms with Crippen molar-refractivity contribution in [3.8, 4) is 22.9 Å². The SMILES string of the molecule is CCn1nc(C)cc1-c1nc(-c2cc(C(N)=O)cc3c2cnn3CCCN2CCCCC2)n[nH]1. The zero-order chi connectivity index (χ0) is 23.7. The molecule has 10 nitrogen and oxygen atoms in total. The number of benzene rings is 1. The van der Waals surface area contributed by atoms with Crippen LogP contribution in [0, 0.1) is 6.92 Å². The molecule has 4 heterocycles. The third-order valence-electron chi connectivity index (χ3n) is 6.51. The summed E-state index contributed by atoms with van der Waals surface area (Å²) in [4.78, 5) is 19.4. The van der Waals surface area contributed by atoms with Crippen molar-refractivity contribution in [1.82, 2.24) is 39.6 Å². The van der Waals surface area contributed by atoms with Crippen molar-refractivity contribution in [2.24, 2.45) is 5.73 Å². The lowest BCUT2D eigenvalue weighted by Gasteiger charge is -2.26. The number of fused-ring (bicyclic) bond motifs is 1. The lowest BCUT2D eigenvalue weighted by molar-refractivity contribution is 0.100. The van der Waals surface area contributed by atoms with E-state index in [4.69, 9.17) is 10.7 Å². The Morgan fingerprint density at radius 2 is 1.94 bits per heavy atom. The van der Waals surface area contributed by atoms with Crippen LogP contribution in [-0.4, -0.2) is 65.2 Å². The number of nitrogens with zero attached hydrogens (tertiary/aromatic N) is 7. The monoisotopic (exact) mass is 461 g/mol. The fraction of sp³-hybridized carbons (Fsp3) is 0.458. The number of nitrogens with two attached hydrogens (primary N) is 1. The number of hydrogen-bond acceptors (Lipinski definition) is 6. The van der Waals surface area contributed by atoms with Gasteiger partial charge >= 0.3 is 0 Å². The van der Waals surface area contributed by atoms with Gasteiger partial charge < -0.3 is 10.6 Å². The molecule has 1 saturated heterocycles. The minimum atomic E-state index is -0.486. The number of carbonyl (C=O) groups is 1. The van der Waals surface area contributed by atoms with Crippen LogP contribution in [0.3, 0.4) is 0 Å². The molecule has 3 aromatic heterocycles. The molecule has 4 aromatic rings. The molecule has 0 spiro atoms. The van der Waals surface area contributed by atoms with Crippen molar-refractivity contribution >= 4 is 16.8 Å². The molecule has 1 fully saturated rings. The first kappa shape index (κ1) is 22.3. The van der Waals surface area contributed by atoms with Gasteiger partial charge in [-0.05, 0) is 70.9 Å². The van der Waals surface area contributed by atoms with Crippen molar-refractivity contribution in [2.45, 2.75) is 52.6 Å². The van der Waals surface area contributed by atoms with Gasteiger partial charge in [0.15, 0.2) is 11.6 Å². The molecule has 0 saturated carbocycles. The van der Waals surface area contributed by atoms with E-state index in [-0.39, 0.29) is 0 Å². The summed E-state index contributed by atoms with van der Waals surface area (Å²) in [5, 5.41) is 17.5. The lowest BCUT2D eigenvalue weighted by atomic mass is 10.0. The summed E-state index contributed by atoms with van der Waals surface area (Å²) in [5.74, 6) is 0.640. The summed E-state index contributed by atoms with van der Waals surface area (Å²) in [6, 6.07) is 5.54. The normalized spacial score (nSPS) is 14.8. The van der Waals surface area contributed by atoms with Gasteiger partial charge in [0.2, 0.25) is 5.91 Å². The maximum absolute atomic E-state index is 12.1. The molecule has 0 atom stereocenters. The van der Waals surface area contributed by atoms with Gasteiger partial charge in [-0.1, -0.05) is 6.42 Å². The van der Waals surface area contributed by atoms with Gasteiger partial charge in [0, 0.05) is 29.6 Å². The van der Waals surface area contributed by atoms with Crippen LogP contribution in [0.15, 0.2) is 24.4 Å². The molecule has 34 heavy (non-hydrogen) atoms. The van der Waals surface area contributed by atoms with Crippen LogP contribution in [-0.2, 0) is 13.1 Å². The number of aryl methyl sites for hydroxylation is 3. The number of piperidine rings is 1. The first-order valence-corrected chi connectivity index (χ1v) is 12.0. The van der Waals surface area contributed by atoms with Gasteiger partial charge in [-0.2, -0.15) is 15.3 Å². The molecule has 10 heteroatoms. The van der Waals surface area contributed by atoms with Gasteiger partial charge in [-0.25, -0.2) is 4.98 Å². The molecule has 0 radical (unpaired) electrons. The summed E-state index contributed by atoms with van der Waals surface area (Å²) >= 11 is 0. The highest BCUT2D eigenvalue weighted by atomic mass is 16.1. The van der Waals surface area contributed by atoms with E-state index in [9.17, 15) is 4.79 Å². The van der Waals surface area contributed by atoms with Crippen LogP contribution in [0.4, 0.5) is 0 Å². The van der Waals surface area contributed by atoms with Crippen LogP contribution in [0.25, 0.3) is 33.8 Å². The van der Waals surface area contributed by atoms with Crippen molar-refractivity contribution in [3.05, 3.63) is 35.7 Å². The first-order chi connectivity index (χ1) is 16.5. The summed E-state index contributed by atoms with van der Waals surface area (Å²) in [5.41, 5.74) is 9.47. The molecule has 3 N–H and O–H groups in total. The minimum Gasteiger partial charge on any atom is -0.366 e. The van der Waals surface area contributed by atoms with Gasteiger partial charge in [-0.3, -0.25) is 19.3 Å². The fourth-order valence-corrected chi connectivity index (χ4v) is 4.78. The Morgan fingerprint density at radius 3 is 2.71 bits per heavy atom. The Morgan fingerprint density at radius 1 is 1.12 bits per heavy atom. The molecule has 1 aliphatic heterocycles. The second kappa shape index (κ2) is 9.38. The van der Waals surface area contributed by atoms with Crippen molar-refractivity contribution in [2.75, 3.05) is 19.6 Å². The minimum absolute atomic E-state index is 0.418. The molecular weight excluding hydrogens is 430 g/mol. The van der Waals surface area contributed by atoms with Crippen molar-refractivity contribution in [3.63, 3.8) is 0 Å². The van der Waals surface area contributed by atoms with E-state index in [0.717, 1.165) is 53.9 Å². The van der Waals surface area contributed by atoms with E-state index < -0.39 is 5.91 Å². The zero-order valence-corrected chi connectivity index (χ0v) is 19.8. The number of primary amides is 1. The Balaban J connectivity index is 1.46. The largest absolute Gasteiger partial charge is 0.366 e. The van der Waals surface area contributed by atoms with Crippen LogP contribution in [0.1, 0.15) is 48.7 Å². The Bertz CT molecular complexity index is 1310. The number of hydrogen-bond donors (Lipinski definition) is 2. The van der Waals surface area contributed by atoms with E-state index in [0.29, 0.717) is 17.2 Å². The average molecular weight is 462 g/mol. The molecule has 5 rings (SSSR count). The molecule has 178 valence electrons. The maximum atomic E-state index is 12.1. The van der Waals surface area contributed by atoms with E-state index in [1.807, 2.05) is 41.5 Å². The van der Waals surface area contributed by atoms with Crippen LogP contribution in [0.2, 0.25) is 0 Å². The number of aromatic nitrogens is 7. The Hall–Kier alpha value is -3.53. The predicted octanol–water partition coefficient (Wildman–Crippen LogP) is 2.99. The molecule has 1 aromatic carbocycles. The number of H-pyrrole nitrogens is 1. The standard InChI is InChI=1S/C24H31N9O/c1-3-32-21(12-16(2)30-32)24-27-23(28-29-24)18-13-17(22(25)34)14-20-19(18)15-26-33(20)11-7-10-31-8-5-4-6-9-31/h12-15H,3-11H2,1-2H3,(H2,25,34)(H,27,28,29). The molecule has 0 aliphatic carbocycles. The lowest BCUT2D eigenvalue weighted by Crippen LogP contribution is -2.31. The Labute approximate surface area is 198 Å². The van der Waals surface area contributed by atoms with Gasteiger partial charge in [0.05, 0.1) is 17.4 Å². The number of aromatic amines is 1. The first-order valence-electron chi connectivity index (χ1n) is 12.0. The van der Waals surface area contributed by atoms with Gasteiger partial charge in [0.25, 0.3) is 0 Å². The molecule has 1 aliphatic rings. The smallest absolute Gasteiger partial charge is 0.248 e. The summed E-state index contributed by atoms with van der Waals surface area (Å²) < 4.78 is 3.84.